The zero-order chi connectivity index (χ0) is 65.2. The Morgan fingerprint density at radius 2 is 0.831 bits per heavy atom. The molecule has 0 aromatic heterocycles. The maximum absolute atomic E-state index is 14.7. The number of aliphatic carboxylic acids is 1. The van der Waals surface area contributed by atoms with Gasteiger partial charge in [0, 0.05) is 60.7 Å². The normalized spacial score (nSPS) is 32.5. The number of ketones is 2. The number of hydrogen-bond acceptors (Lipinski definition) is 11. The Kier molecular flexibility index (Phi) is 20.4. The smallest absolute Gasteiger partial charge is 0.328 e. The molecule has 2 heterocycles. The fraction of sp³-hybridized carbons (Fsp3) is 0.890. The van der Waals surface area contributed by atoms with Crippen LogP contribution in [-0.2, 0) is 43.1 Å². The SMILES string of the molecule is CN(C)C1CCCC[C@H]1C(=O)N[C@H](C(=O)C[C@H](C(=O)N1C[C@]2(C[C@H]1C(=O)O)C(C)(C)C21CCC1)C(C)(C)C)C1CCCCC1.COC(=O)[C@@H]1C[C@@]2(CN1C(=O)[C@@H](CC(=O)[C@@H](NC(=O)[C@@H]1CCCCC1N(C)C)C1CCCCC1)C(C)(C)C)C(C)(C)C21CCC1. The molecule has 0 radical (unpaired) electrons. The number of likely N-dealkylation sites (tertiary alicyclic amines) is 2. The van der Waals surface area contributed by atoms with Crippen molar-refractivity contribution in [1.82, 2.24) is 30.2 Å². The molecule has 502 valence electrons. The average molecular weight is 1240 g/mol. The number of rotatable bonds is 18. The third-order valence-corrected chi connectivity index (χ3v) is 27.4. The van der Waals surface area contributed by atoms with Crippen molar-refractivity contribution in [2.24, 2.45) is 78.8 Å². The molecule has 16 heteroatoms. The van der Waals surface area contributed by atoms with Gasteiger partial charge in [0.25, 0.3) is 0 Å². The van der Waals surface area contributed by atoms with Gasteiger partial charge in [-0.1, -0.05) is 146 Å². The fourth-order valence-electron chi connectivity index (χ4n) is 21.3. The third-order valence-electron chi connectivity index (χ3n) is 27.4. The van der Waals surface area contributed by atoms with Crippen molar-refractivity contribution < 1.29 is 48.2 Å². The summed E-state index contributed by atoms with van der Waals surface area (Å²) in [6, 6.07) is -2.33. The van der Waals surface area contributed by atoms with Crippen LogP contribution in [0.4, 0.5) is 0 Å². The number of ether oxygens (including phenoxy) is 1. The van der Waals surface area contributed by atoms with E-state index in [0.29, 0.717) is 25.9 Å². The minimum Gasteiger partial charge on any atom is -0.480 e. The zero-order valence-corrected chi connectivity index (χ0v) is 58.1. The van der Waals surface area contributed by atoms with Gasteiger partial charge in [-0.25, -0.2) is 9.59 Å². The van der Waals surface area contributed by atoms with Crippen LogP contribution in [0.15, 0.2) is 0 Å². The first kappa shape index (κ1) is 69.4. The van der Waals surface area contributed by atoms with Crippen molar-refractivity contribution in [2.75, 3.05) is 48.4 Å². The van der Waals surface area contributed by atoms with Crippen LogP contribution in [0.1, 0.15) is 249 Å². The van der Waals surface area contributed by atoms with Crippen LogP contribution in [-0.4, -0.2) is 156 Å². The fourth-order valence-corrected chi connectivity index (χ4v) is 21.3. The number of amides is 4. The lowest BCUT2D eigenvalue weighted by molar-refractivity contribution is -0.154. The van der Waals surface area contributed by atoms with Gasteiger partial charge in [-0.15, -0.1) is 0 Å². The van der Waals surface area contributed by atoms with E-state index in [4.69, 9.17) is 4.74 Å². The Morgan fingerprint density at radius 1 is 0.494 bits per heavy atom. The first-order valence-corrected chi connectivity index (χ1v) is 35.6. The van der Waals surface area contributed by atoms with E-state index in [2.05, 4.69) is 48.1 Å². The van der Waals surface area contributed by atoms with E-state index in [0.717, 1.165) is 141 Å². The Morgan fingerprint density at radius 3 is 1.13 bits per heavy atom. The van der Waals surface area contributed by atoms with Crippen molar-refractivity contribution in [1.29, 1.82) is 0 Å². The number of carbonyl (C=O) groups is 8. The Balaban J connectivity index is 0.000000211. The number of carboxylic acid groups (broad SMARTS) is 1. The number of hydrogen-bond donors (Lipinski definition) is 3. The molecular formula is C73H120N6O10. The van der Waals surface area contributed by atoms with E-state index in [1.165, 1.54) is 20.0 Å². The van der Waals surface area contributed by atoms with E-state index in [1.54, 1.807) is 9.80 Å². The summed E-state index contributed by atoms with van der Waals surface area (Å²) in [5, 5.41) is 16.9. The summed E-state index contributed by atoms with van der Waals surface area (Å²) in [5.74, 6) is -3.12. The molecule has 10 rings (SSSR count). The van der Waals surface area contributed by atoms with Crippen LogP contribution in [0.2, 0.25) is 0 Å². The number of esters is 1. The Hall–Kier alpha value is -3.92. The highest BCUT2D eigenvalue weighted by Gasteiger charge is 2.86. The van der Waals surface area contributed by atoms with E-state index >= 15 is 0 Å². The first-order valence-electron chi connectivity index (χ1n) is 35.6. The maximum Gasteiger partial charge on any atom is 0.328 e. The van der Waals surface area contributed by atoms with E-state index in [1.807, 2.05) is 69.7 Å². The molecule has 4 amide bonds. The van der Waals surface area contributed by atoms with Crippen LogP contribution in [0.3, 0.4) is 0 Å². The second-order valence-corrected chi connectivity index (χ2v) is 34.3. The Bertz CT molecular complexity index is 2630. The second-order valence-electron chi connectivity index (χ2n) is 34.3. The summed E-state index contributed by atoms with van der Waals surface area (Å²) >= 11 is 0. The molecule has 10 fully saturated rings. The van der Waals surface area contributed by atoms with Crippen molar-refractivity contribution in [3.63, 3.8) is 0 Å². The predicted octanol–water partition coefficient (Wildman–Crippen LogP) is 11.4. The van der Waals surface area contributed by atoms with Gasteiger partial charge in [-0.05, 0) is 162 Å². The van der Waals surface area contributed by atoms with Crippen LogP contribution in [0.25, 0.3) is 0 Å². The number of carboxylic acids is 1. The molecule has 89 heavy (non-hydrogen) atoms. The largest absolute Gasteiger partial charge is 0.480 e. The highest BCUT2D eigenvalue weighted by molar-refractivity contribution is 5.96. The molecular weight excluding hydrogens is 1120 g/mol. The molecule has 4 spiro atoms. The van der Waals surface area contributed by atoms with Crippen LogP contribution in [0.5, 0.6) is 0 Å². The summed E-state index contributed by atoms with van der Waals surface area (Å²) in [6.45, 7) is 22.2. The van der Waals surface area contributed by atoms with E-state index < -0.39 is 52.8 Å². The molecule has 2 aliphatic heterocycles. The number of nitrogens with zero attached hydrogens (tertiary/aromatic N) is 4. The first-order chi connectivity index (χ1) is 41.7. The lowest BCUT2D eigenvalue weighted by atomic mass is 9.73. The van der Waals surface area contributed by atoms with Crippen molar-refractivity contribution in [2.45, 2.75) is 285 Å². The van der Waals surface area contributed by atoms with Gasteiger partial charge in [0.15, 0.2) is 11.6 Å². The van der Waals surface area contributed by atoms with Gasteiger partial charge in [-0.3, -0.25) is 28.8 Å². The quantitative estimate of drug-likeness (QED) is 0.110. The molecule has 0 aromatic carbocycles. The number of Topliss-reactive ketones (excluding diaryl/α,β-unsaturated/α-hetero) is 2. The summed E-state index contributed by atoms with van der Waals surface area (Å²) in [6.07, 6.45) is 26.2. The number of methoxy groups -OCH3 is 1. The van der Waals surface area contributed by atoms with Gasteiger partial charge in [-0.2, -0.15) is 0 Å². The topological polar surface area (TPSA) is 203 Å². The van der Waals surface area contributed by atoms with E-state index in [-0.39, 0.29) is 122 Å². The molecule has 0 aromatic rings. The molecule has 10 aliphatic rings. The van der Waals surface area contributed by atoms with Crippen LogP contribution in [0, 0.1) is 78.8 Å². The van der Waals surface area contributed by atoms with Gasteiger partial charge >= 0.3 is 11.9 Å². The predicted molar refractivity (Wildman–Crippen MR) is 346 cm³/mol. The molecule has 3 N–H and O–H groups in total. The monoisotopic (exact) mass is 1240 g/mol. The third kappa shape index (κ3) is 12.4. The summed E-state index contributed by atoms with van der Waals surface area (Å²) < 4.78 is 5.26. The molecule has 2 unspecified atom stereocenters. The van der Waals surface area contributed by atoms with Gasteiger partial charge in [0.2, 0.25) is 23.6 Å². The zero-order valence-electron chi connectivity index (χ0n) is 58.1. The van der Waals surface area contributed by atoms with Gasteiger partial charge in [0.1, 0.15) is 12.1 Å². The van der Waals surface area contributed by atoms with Crippen molar-refractivity contribution >= 4 is 47.1 Å². The highest BCUT2D eigenvalue weighted by Crippen LogP contribution is 2.89. The molecule has 0 bridgehead atoms. The van der Waals surface area contributed by atoms with Crippen molar-refractivity contribution in [3.05, 3.63) is 0 Å². The van der Waals surface area contributed by atoms with Gasteiger partial charge < -0.3 is 40.1 Å². The Labute approximate surface area is 535 Å². The summed E-state index contributed by atoms with van der Waals surface area (Å²) in [5.41, 5.74) is -0.897. The van der Waals surface area contributed by atoms with Gasteiger partial charge in [0.05, 0.1) is 31.0 Å². The van der Waals surface area contributed by atoms with Crippen LogP contribution < -0.4 is 10.6 Å². The maximum atomic E-state index is 14.7. The number of carbonyl (C=O) groups excluding carboxylic acids is 7. The molecule has 8 saturated carbocycles. The van der Waals surface area contributed by atoms with Crippen LogP contribution >= 0.6 is 0 Å². The summed E-state index contributed by atoms with van der Waals surface area (Å²) in [7, 11) is 9.55. The highest BCUT2D eigenvalue weighted by atomic mass is 16.5. The number of fused-ring (bicyclic) bond motifs is 2. The lowest BCUT2D eigenvalue weighted by Crippen LogP contribution is -2.54. The molecule has 12 atom stereocenters. The lowest BCUT2D eigenvalue weighted by Gasteiger charge is -2.38. The average Bonchev–Trinajstić information content (AvgIpc) is 1.47. The summed E-state index contributed by atoms with van der Waals surface area (Å²) in [4.78, 5) is 119. The number of nitrogens with one attached hydrogen (secondary N) is 2. The minimum absolute atomic E-state index is 0.00786. The van der Waals surface area contributed by atoms with E-state index in [9.17, 15) is 43.5 Å². The van der Waals surface area contributed by atoms with Crippen molar-refractivity contribution in [3.8, 4) is 0 Å². The molecule has 8 aliphatic carbocycles. The standard InChI is InChI=1S/C37H61N3O5.C36H59N3O5/c1-34(2,3)26(32(43)40-23-37(22-28(40)33(44)45-8)35(4,5)36(37)19-14-20-36)21-29(41)30(24-15-10-9-11-16-24)38-31(42)25-17-12-13-18-27(25)39(6)7;1-33(2,3)25(31(42)39-22-36(21-27(39)32(43)44)34(4,5)35(36)18-13-19-35)20-28(40)29(23-14-9-8-10-15-23)37-30(41)24-16-11-12-17-26(24)38(6)7/h24-28,30H,9-23H2,1-8H3,(H,38,42);23-27,29H,8-22H2,1-7H3,(H,37,41)(H,43,44)/t25-,26-,27?,28+,30+,37-;24-,25-,26?,27+,29+,36-/m11/s1. The molecule has 16 nitrogen and oxygen atoms in total. The second kappa shape index (κ2) is 26.1. The molecule has 2 saturated heterocycles. The minimum atomic E-state index is -0.943.